The fourth-order valence-electron chi connectivity index (χ4n) is 1.66. The van der Waals surface area contributed by atoms with Crippen LogP contribution in [0.3, 0.4) is 0 Å². The molecule has 13 heavy (non-hydrogen) atoms. The Labute approximate surface area is 81.8 Å². The van der Waals surface area contributed by atoms with Gasteiger partial charge < -0.3 is 5.73 Å². The molecule has 1 aliphatic heterocycles. The zero-order valence-electron chi connectivity index (χ0n) is 8.97. The van der Waals surface area contributed by atoms with E-state index in [1.54, 1.807) is 0 Å². The van der Waals surface area contributed by atoms with Gasteiger partial charge in [0.15, 0.2) is 0 Å². The summed E-state index contributed by atoms with van der Waals surface area (Å²) in [6.45, 7) is 11.6. The summed E-state index contributed by atoms with van der Waals surface area (Å²) in [5.41, 5.74) is 7.29. The van der Waals surface area contributed by atoms with Crippen molar-refractivity contribution in [2.75, 3.05) is 19.6 Å². The Kier molecular flexibility index (Phi) is 3.51. The summed E-state index contributed by atoms with van der Waals surface area (Å²) in [6, 6.07) is 0. The van der Waals surface area contributed by atoms with Gasteiger partial charge >= 0.3 is 0 Å². The largest absolute Gasteiger partial charge is 0.326 e. The first-order valence-electron chi connectivity index (χ1n) is 5.15. The second-order valence-corrected chi connectivity index (χ2v) is 4.87. The predicted molar refractivity (Wildman–Crippen MR) is 57.7 cm³/mol. The molecule has 2 heteroatoms. The summed E-state index contributed by atoms with van der Waals surface area (Å²) < 4.78 is 0. The second kappa shape index (κ2) is 4.25. The molecule has 1 saturated heterocycles. The van der Waals surface area contributed by atoms with Crippen molar-refractivity contribution in [1.82, 2.24) is 4.90 Å². The van der Waals surface area contributed by atoms with E-state index in [1.807, 2.05) is 0 Å². The van der Waals surface area contributed by atoms with E-state index in [9.17, 15) is 0 Å². The number of piperidine rings is 1. The summed E-state index contributed by atoms with van der Waals surface area (Å²) in [5.74, 6) is 0. The average Bonchev–Trinajstić information content (AvgIpc) is 2.00. The number of likely N-dealkylation sites (tertiary alicyclic amines) is 1. The molecule has 0 atom stereocenters. The molecule has 0 bridgehead atoms. The monoisotopic (exact) mass is 182 g/mol. The van der Waals surface area contributed by atoms with E-state index in [1.165, 1.54) is 25.0 Å². The molecule has 0 amide bonds. The van der Waals surface area contributed by atoms with Gasteiger partial charge in [-0.3, -0.25) is 4.90 Å². The Morgan fingerprint density at radius 1 is 1.54 bits per heavy atom. The van der Waals surface area contributed by atoms with Crippen molar-refractivity contribution in [1.29, 1.82) is 0 Å². The molecule has 2 N–H and O–H groups in total. The Morgan fingerprint density at radius 2 is 2.23 bits per heavy atom. The molecule has 1 fully saturated rings. The van der Waals surface area contributed by atoms with E-state index in [4.69, 9.17) is 5.73 Å². The van der Waals surface area contributed by atoms with E-state index in [-0.39, 0.29) is 5.54 Å². The SMILES string of the molecule is C=C1CCCN(CCC(C)(C)N)C1. The molecule has 0 unspecified atom stereocenters. The molecule has 0 spiro atoms. The van der Waals surface area contributed by atoms with Crippen LogP contribution in [-0.4, -0.2) is 30.1 Å². The smallest absolute Gasteiger partial charge is 0.0190 e. The molecular weight excluding hydrogens is 160 g/mol. The lowest BCUT2D eigenvalue weighted by molar-refractivity contribution is 0.242. The summed E-state index contributed by atoms with van der Waals surface area (Å²) in [7, 11) is 0. The van der Waals surface area contributed by atoms with Gasteiger partial charge in [0.2, 0.25) is 0 Å². The van der Waals surface area contributed by atoms with Crippen LogP contribution in [0.5, 0.6) is 0 Å². The fraction of sp³-hybridized carbons (Fsp3) is 0.818. The minimum absolute atomic E-state index is 0.0290. The van der Waals surface area contributed by atoms with Crippen LogP contribution < -0.4 is 5.73 Å². The van der Waals surface area contributed by atoms with Crippen LogP contribution in [-0.2, 0) is 0 Å². The third kappa shape index (κ3) is 4.44. The average molecular weight is 182 g/mol. The summed E-state index contributed by atoms with van der Waals surface area (Å²) in [6.07, 6.45) is 3.55. The number of rotatable bonds is 3. The van der Waals surface area contributed by atoms with Crippen LogP contribution in [0.25, 0.3) is 0 Å². The van der Waals surface area contributed by atoms with Crippen LogP contribution in [0.1, 0.15) is 33.1 Å². The van der Waals surface area contributed by atoms with Crippen molar-refractivity contribution in [2.45, 2.75) is 38.6 Å². The Balaban J connectivity index is 2.25. The minimum Gasteiger partial charge on any atom is -0.326 e. The van der Waals surface area contributed by atoms with Crippen molar-refractivity contribution in [3.8, 4) is 0 Å². The Morgan fingerprint density at radius 3 is 2.77 bits per heavy atom. The van der Waals surface area contributed by atoms with Gasteiger partial charge in [0, 0.05) is 18.6 Å². The number of hydrogen-bond acceptors (Lipinski definition) is 2. The molecule has 0 aromatic heterocycles. The van der Waals surface area contributed by atoms with Crippen LogP contribution >= 0.6 is 0 Å². The normalized spacial score (nSPS) is 20.7. The number of nitrogens with two attached hydrogens (primary N) is 1. The quantitative estimate of drug-likeness (QED) is 0.674. The molecule has 2 nitrogen and oxygen atoms in total. The Bertz CT molecular complexity index is 179. The highest BCUT2D eigenvalue weighted by atomic mass is 15.1. The first-order chi connectivity index (χ1) is 5.97. The first kappa shape index (κ1) is 10.7. The van der Waals surface area contributed by atoms with Gasteiger partial charge in [-0.05, 0) is 39.7 Å². The lowest BCUT2D eigenvalue weighted by Crippen LogP contribution is -2.39. The Hall–Kier alpha value is -0.340. The van der Waals surface area contributed by atoms with Gasteiger partial charge in [-0.15, -0.1) is 0 Å². The highest BCUT2D eigenvalue weighted by Crippen LogP contribution is 2.15. The van der Waals surface area contributed by atoms with Gasteiger partial charge in [-0.1, -0.05) is 12.2 Å². The standard InChI is InChI=1S/C11H22N2/c1-10-5-4-7-13(9-10)8-6-11(2,3)12/h1,4-9,12H2,2-3H3. The van der Waals surface area contributed by atoms with Crippen molar-refractivity contribution in [2.24, 2.45) is 5.73 Å². The molecule has 0 radical (unpaired) electrons. The maximum Gasteiger partial charge on any atom is 0.0190 e. The minimum atomic E-state index is -0.0290. The van der Waals surface area contributed by atoms with Crippen molar-refractivity contribution >= 4 is 0 Å². The topological polar surface area (TPSA) is 29.3 Å². The van der Waals surface area contributed by atoms with Crippen LogP contribution in [0.15, 0.2) is 12.2 Å². The molecule has 1 aliphatic rings. The van der Waals surface area contributed by atoms with Crippen molar-refractivity contribution < 1.29 is 0 Å². The zero-order valence-corrected chi connectivity index (χ0v) is 8.97. The molecule has 0 aromatic carbocycles. The van der Waals surface area contributed by atoms with Gasteiger partial charge in [0.25, 0.3) is 0 Å². The molecule has 1 rings (SSSR count). The van der Waals surface area contributed by atoms with Gasteiger partial charge in [-0.25, -0.2) is 0 Å². The molecule has 0 saturated carbocycles. The van der Waals surface area contributed by atoms with Crippen molar-refractivity contribution in [3.05, 3.63) is 12.2 Å². The number of nitrogens with zero attached hydrogens (tertiary/aromatic N) is 1. The number of hydrogen-bond donors (Lipinski definition) is 1. The van der Waals surface area contributed by atoms with Crippen molar-refractivity contribution in [3.63, 3.8) is 0 Å². The highest BCUT2D eigenvalue weighted by Gasteiger charge is 2.16. The van der Waals surface area contributed by atoms with E-state index >= 15 is 0 Å². The maximum atomic E-state index is 5.94. The molecule has 0 aliphatic carbocycles. The van der Waals surface area contributed by atoms with Gasteiger partial charge in [0.1, 0.15) is 0 Å². The van der Waals surface area contributed by atoms with Crippen LogP contribution in [0.4, 0.5) is 0 Å². The summed E-state index contributed by atoms with van der Waals surface area (Å²) in [4.78, 5) is 2.46. The maximum absolute atomic E-state index is 5.94. The van der Waals surface area contributed by atoms with Gasteiger partial charge in [0.05, 0.1) is 0 Å². The first-order valence-corrected chi connectivity index (χ1v) is 5.15. The molecule has 0 aromatic rings. The molecule has 76 valence electrons. The van der Waals surface area contributed by atoms with Crippen LogP contribution in [0.2, 0.25) is 0 Å². The summed E-state index contributed by atoms with van der Waals surface area (Å²) in [5, 5.41) is 0. The van der Waals surface area contributed by atoms with E-state index in [0.717, 1.165) is 19.5 Å². The fourth-order valence-corrected chi connectivity index (χ4v) is 1.66. The second-order valence-electron chi connectivity index (χ2n) is 4.87. The lowest BCUT2D eigenvalue weighted by Gasteiger charge is -2.30. The summed E-state index contributed by atoms with van der Waals surface area (Å²) >= 11 is 0. The van der Waals surface area contributed by atoms with Crippen LogP contribution in [0, 0.1) is 0 Å². The predicted octanol–water partition coefficient (Wildman–Crippen LogP) is 1.77. The zero-order chi connectivity index (χ0) is 9.90. The van der Waals surface area contributed by atoms with E-state index in [2.05, 4.69) is 25.3 Å². The van der Waals surface area contributed by atoms with E-state index < -0.39 is 0 Å². The molecule has 1 heterocycles. The third-order valence-electron chi connectivity index (χ3n) is 2.52. The third-order valence-corrected chi connectivity index (χ3v) is 2.52. The molecular formula is C11H22N2. The van der Waals surface area contributed by atoms with E-state index in [0.29, 0.717) is 0 Å². The lowest BCUT2D eigenvalue weighted by atomic mass is 10.0. The highest BCUT2D eigenvalue weighted by molar-refractivity contribution is 5.00. The van der Waals surface area contributed by atoms with Gasteiger partial charge in [-0.2, -0.15) is 0 Å².